The predicted octanol–water partition coefficient (Wildman–Crippen LogP) is 2.46. The Balaban J connectivity index is 1.63. The number of thiophene rings is 1. The Morgan fingerprint density at radius 2 is 2.40 bits per heavy atom. The highest BCUT2D eigenvalue weighted by Gasteiger charge is 2.36. The molecule has 4 rings (SSSR count). The molecule has 1 aliphatic heterocycles. The van der Waals surface area contributed by atoms with Gasteiger partial charge in [0.15, 0.2) is 0 Å². The van der Waals surface area contributed by atoms with E-state index in [1.807, 2.05) is 0 Å². The Hall–Kier alpha value is -1.24. The average Bonchev–Trinajstić information content (AvgIpc) is 3.01. The van der Waals surface area contributed by atoms with Crippen LogP contribution in [0.4, 0.5) is 0 Å². The molecule has 0 radical (unpaired) electrons. The number of hydrogen-bond donors (Lipinski definition) is 1. The summed E-state index contributed by atoms with van der Waals surface area (Å²) in [5, 5.41) is 9.72. The van der Waals surface area contributed by atoms with Gasteiger partial charge in [-0.3, -0.25) is 0 Å². The summed E-state index contributed by atoms with van der Waals surface area (Å²) < 4.78 is 11.0. The van der Waals surface area contributed by atoms with Crippen molar-refractivity contribution in [2.24, 2.45) is 5.92 Å². The van der Waals surface area contributed by atoms with E-state index in [1.165, 1.54) is 23.3 Å². The first kappa shape index (κ1) is 12.5. The lowest BCUT2D eigenvalue weighted by molar-refractivity contribution is 0.0751. The maximum Gasteiger partial charge on any atom is 0.248 e. The van der Waals surface area contributed by atoms with Crippen LogP contribution in [0.25, 0.3) is 0 Å². The molecule has 1 N–H and O–H groups in total. The molecule has 2 aromatic heterocycles. The second-order valence-electron chi connectivity index (χ2n) is 5.42. The summed E-state index contributed by atoms with van der Waals surface area (Å²) in [5.74, 6) is 1.90. The molecule has 5 nitrogen and oxygen atoms in total. The van der Waals surface area contributed by atoms with Crippen LogP contribution >= 0.6 is 11.3 Å². The van der Waals surface area contributed by atoms with E-state index in [9.17, 15) is 0 Å². The van der Waals surface area contributed by atoms with E-state index in [2.05, 4.69) is 26.9 Å². The summed E-state index contributed by atoms with van der Waals surface area (Å²) in [6, 6.07) is 2.18. The monoisotopic (exact) mass is 291 g/mol. The molecule has 1 saturated carbocycles. The molecule has 2 aliphatic rings. The van der Waals surface area contributed by atoms with Crippen LogP contribution in [0.15, 0.2) is 16.0 Å². The van der Waals surface area contributed by atoms with Crippen molar-refractivity contribution in [2.75, 3.05) is 13.7 Å². The van der Waals surface area contributed by atoms with Gasteiger partial charge in [-0.15, -0.1) is 11.3 Å². The molecule has 2 atom stereocenters. The van der Waals surface area contributed by atoms with E-state index in [1.54, 1.807) is 18.4 Å². The Labute approximate surface area is 121 Å². The summed E-state index contributed by atoms with van der Waals surface area (Å²) in [5.41, 5.74) is 1.27. The van der Waals surface area contributed by atoms with E-state index in [0.717, 1.165) is 13.0 Å². The second-order valence-corrected chi connectivity index (χ2v) is 6.42. The molecule has 3 heterocycles. The Bertz CT molecular complexity index is 605. The molecule has 0 saturated heterocycles. The van der Waals surface area contributed by atoms with Crippen LogP contribution in [0, 0.1) is 5.92 Å². The fraction of sp³-hybridized carbons (Fsp3) is 0.571. The fourth-order valence-corrected chi connectivity index (χ4v) is 3.78. The topological polar surface area (TPSA) is 60.2 Å². The molecule has 1 fully saturated rings. The van der Waals surface area contributed by atoms with Crippen LogP contribution in [-0.2, 0) is 11.2 Å². The first-order valence-electron chi connectivity index (χ1n) is 7.02. The van der Waals surface area contributed by atoms with E-state index in [4.69, 9.17) is 9.26 Å². The summed E-state index contributed by atoms with van der Waals surface area (Å²) >= 11 is 1.80. The molecule has 2 unspecified atom stereocenters. The smallest absolute Gasteiger partial charge is 0.248 e. The Morgan fingerprint density at radius 1 is 1.50 bits per heavy atom. The van der Waals surface area contributed by atoms with Gasteiger partial charge in [-0.25, -0.2) is 0 Å². The third-order valence-electron chi connectivity index (χ3n) is 4.05. The maximum atomic E-state index is 5.51. The number of nitrogens with one attached hydrogen (secondary N) is 1. The van der Waals surface area contributed by atoms with Crippen LogP contribution in [0.2, 0.25) is 0 Å². The van der Waals surface area contributed by atoms with Gasteiger partial charge in [-0.05, 0) is 42.2 Å². The molecule has 1 aliphatic carbocycles. The van der Waals surface area contributed by atoms with Crippen LogP contribution < -0.4 is 5.32 Å². The van der Waals surface area contributed by atoms with Gasteiger partial charge in [0.25, 0.3) is 0 Å². The number of ether oxygens (including phenoxy) is 1. The van der Waals surface area contributed by atoms with E-state index < -0.39 is 0 Å². The fourth-order valence-electron chi connectivity index (χ4n) is 2.86. The summed E-state index contributed by atoms with van der Waals surface area (Å²) in [6.45, 7) is 0.951. The van der Waals surface area contributed by atoms with Gasteiger partial charge in [0, 0.05) is 18.5 Å². The first-order valence-corrected chi connectivity index (χ1v) is 7.90. The van der Waals surface area contributed by atoms with E-state index in [0.29, 0.717) is 17.6 Å². The highest BCUT2D eigenvalue weighted by atomic mass is 32.1. The number of rotatable bonds is 4. The molecule has 6 heteroatoms. The minimum Gasteiger partial charge on any atom is -0.373 e. The Morgan fingerprint density at radius 3 is 3.20 bits per heavy atom. The van der Waals surface area contributed by atoms with Crippen LogP contribution in [0.5, 0.6) is 0 Å². The summed E-state index contributed by atoms with van der Waals surface area (Å²) in [7, 11) is 1.72. The normalized spacial score (nSPS) is 23.6. The molecular formula is C14H17N3O2S. The van der Waals surface area contributed by atoms with Crippen molar-refractivity contribution in [1.82, 2.24) is 15.5 Å². The van der Waals surface area contributed by atoms with Crippen molar-refractivity contribution in [1.29, 1.82) is 0 Å². The second kappa shape index (κ2) is 4.95. The minimum atomic E-state index is -0.0157. The number of aromatic nitrogens is 2. The SMILES string of the molecule is COC(c1noc(C2NCCc3sccc32)n1)C1CC1. The van der Waals surface area contributed by atoms with E-state index in [-0.39, 0.29) is 12.1 Å². The third-order valence-corrected chi connectivity index (χ3v) is 5.05. The van der Waals surface area contributed by atoms with Gasteiger partial charge >= 0.3 is 0 Å². The van der Waals surface area contributed by atoms with Crippen molar-refractivity contribution < 1.29 is 9.26 Å². The lowest BCUT2D eigenvalue weighted by Gasteiger charge is -2.20. The maximum absolute atomic E-state index is 5.51. The highest BCUT2D eigenvalue weighted by Crippen LogP contribution is 2.42. The van der Waals surface area contributed by atoms with E-state index >= 15 is 0 Å². The zero-order valence-electron chi connectivity index (χ0n) is 11.3. The highest BCUT2D eigenvalue weighted by molar-refractivity contribution is 7.10. The van der Waals surface area contributed by atoms with Crippen molar-refractivity contribution in [3.63, 3.8) is 0 Å². The zero-order chi connectivity index (χ0) is 13.5. The van der Waals surface area contributed by atoms with Gasteiger partial charge < -0.3 is 14.6 Å². The number of fused-ring (bicyclic) bond motifs is 1. The van der Waals surface area contributed by atoms with Gasteiger partial charge in [0.1, 0.15) is 12.1 Å². The average molecular weight is 291 g/mol. The predicted molar refractivity (Wildman–Crippen MR) is 74.6 cm³/mol. The lowest BCUT2D eigenvalue weighted by atomic mass is 10.0. The van der Waals surface area contributed by atoms with Gasteiger partial charge in [0.2, 0.25) is 11.7 Å². The number of methoxy groups -OCH3 is 1. The van der Waals surface area contributed by atoms with Crippen LogP contribution in [0.1, 0.15) is 47.1 Å². The van der Waals surface area contributed by atoms with Crippen molar-refractivity contribution in [3.05, 3.63) is 33.6 Å². The molecule has 0 spiro atoms. The molecule has 20 heavy (non-hydrogen) atoms. The summed E-state index contributed by atoms with van der Waals surface area (Å²) in [6.07, 6.45) is 3.45. The molecular weight excluding hydrogens is 274 g/mol. The van der Waals surface area contributed by atoms with Crippen LogP contribution in [0.3, 0.4) is 0 Å². The Kier molecular flexibility index (Phi) is 3.09. The third kappa shape index (κ3) is 2.08. The largest absolute Gasteiger partial charge is 0.373 e. The molecule has 106 valence electrons. The van der Waals surface area contributed by atoms with Crippen molar-refractivity contribution >= 4 is 11.3 Å². The number of hydrogen-bond acceptors (Lipinski definition) is 6. The van der Waals surface area contributed by atoms with Gasteiger partial charge in [0.05, 0.1) is 0 Å². The number of nitrogens with zero attached hydrogens (tertiary/aromatic N) is 2. The zero-order valence-corrected chi connectivity index (χ0v) is 12.2. The first-order chi connectivity index (χ1) is 9.86. The quantitative estimate of drug-likeness (QED) is 0.937. The standard InChI is InChI=1S/C14H17N3O2S/c1-18-12(8-2-3-8)13-16-14(19-17-13)11-9-5-7-20-10(9)4-6-15-11/h5,7-8,11-12,15H,2-4,6H2,1H3. The molecule has 0 amide bonds. The van der Waals surface area contributed by atoms with Gasteiger partial charge in [-0.2, -0.15) is 4.98 Å². The van der Waals surface area contributed by atoms with Gasteiger partial charge in [-0.1, -0.05) is 5.16 Å². The molecule has 0 bridgehead atoms. The lowest BCUT2D eigenvalue weighted by Crippen LogP contribution is -2.29. The summed E-state index contributed by atoms with van der Waals surface area (Å²) in [4.78, 5) is 6.00. The molecule has 2 aromatic rings. The van der Waals surface area contributed by atoms with Crippen molar-refractivity contribution in [3.8, 4) is 0 Å². The van der Waals surface area contributed by atoms with Crippen LogP contribution in [-0.4, -0.2) is 23.8 Å². The molecule has 0 aromatic carbocycles. The minimum absolute atomic E-state index is 0.0157. The van der Waals surface area contributed by atoms with Crippen molar-refractivity contribution in [2.45, 2.75) is 31.4 Å².